The molecule has 0 aliphatic carbocycles. The highest BCUT2D eigenvalue weighted by atomic mass is 35.5. The van der Waals surface area contributed by atoms with E-state index in [2.05, 4.69) is 16.3 Å². The van der Waals surface area contributed by atoms with E-state index in [9.17, 15) is 4.39 Å². The largest absolute Gasteiger partial charge is 0.314 e. The topological polar surface area (TPSA) is 15.3 Å². The molecule has 0 spiro atoms. The summed E-state index contributed by atoms with van der Waals surface area (Å²) in [5, 5.41) is 4.07. The Morgan fingerprint density at radius 1 is 1.00 bits per heavy atom. The number of hydrogen-bond donors (Lipinski definition) is 1. The van der Waals surface area contributed by atoms with Gasteiger partial charge < -0.3 is 5.32 Å². The molecule has 1 saturated heterocycles. The Bertz CT molecular complexity index is 566. The highest BCUT2D eigenvalue weighted by Gasteiger charge is 2.24. The van der Waals surface area contributed by atoms with Crippen molar-refractivity contribution in [3.05, 3.63) is 70.5 Å². The standard InChI is InChI=1S/C17H18ClFN2/c18-15-5-1-3-13(11-15)17(21-9-7-20-8-10-21)14-4-2-6-16(19)12-14/h1-6,11-12,17,20H,7-10H2. The van der Waals surface area contributed by atoms with Gasteiger partial charge in [0.15, 0.2) is 0 Å². The van der Waals surface area contributed by atoms with Crippen LogP contribution in [0.1, 0.15) is 17.2 Å². The van der Waals surface area contributed by atoms with E-state index in [4.69, 9.17) is 11.6 Å². The van der Waals surface area contributed by atoms with E-state index in [1.165, 1.54) is 6.07 Å². The van der Waals surface area contributed by atoms with Crippen LogP contribution in [0.5, 0.6) is 0 Å². The lowest BCUT2D eigenvalue weighted by atomic mass is 9.96. The second-order valence-electron chi connectivity index (χ2n) is 5.30. The highest BCUT2D eigenvalue weighted by Crippen LogP contribution is 2.30. The molecule has 1 N–H and O–H groups in total. The Balaban J connectivity index is 2.01. The van der Waals surface area contributed by atoms with Crippen LogP contribution in [0.25, 0.3) is 0 Å². The van der Waals surface area contributed by atoms with Gasteiger partial charge in [0.25, 0.3) is 0 Å². The second-order valence-corrected chi connectivity index (χ2v) is 5.73. The number of piperazine rings is 1. The van der Waals surface area contributed by atoms with Gasteiger partial charge in [-0.1, -0.05) is 35.9 Å². The van der Waals surface area contributed by atoms with Crippen molar-refractivity contribution in [2.75, 3.05) is 26.2 Å². The monoisotopic (exact) mass is 304 g/mol. The molecule has 21 heavy (non-hydrogen) atoms. The van der Waals surface area contributed by atoms with Gasteiger partial charge in [-0.2, -0.15) is 0 Å². The van der Waals surface area contributed by atoms with Crippen molar-refractivity contribution in [1.29, 1.82) is 0 Å². The van der Waals surface area contributed by atoms with Crippen LogP contribution in [0.2, 0.25) is 5.02 Å². The van der Waals surface area contributed by atoms with Gasteiger partial charge in [-0.05, 0) is 35.4 Å². The predicted molar refractivity (Wildman–Crippen MR) is 84.1 cm³/mol. The molecule has 1 unspecified atom stereocenters. The van der Waals surface area contributed by atoms with Gasteiger partial charge >= 0.3 is 0 Å². The molecule has 0 saturated carbocycles. The minimum absolute atomic E-state index is 0.0431. The molecule has 1 aliphatic rings. The molecule has 2 aromatic rings. The van der Waals surface area contributed by atoms with E-state index in [-0.39, 0.29) is 11.9 Å². The first-order valence-electron chi connectivity index (χ1n) is 7.20. The summed E-state index contributed by atoms with van der Waals surface area (Å²) in [7, 11) is 0. The summed E-state index contributed by atoms with van der Waals surface area (Å²) >= 11 is 6.14. The SMILES string of the molecule is Fc1cccc(C(c2cccc(Cl)c2)N2CCNCC2)c1. The summed E-state index contributed by atoms with van der Waals surface area (Å²) in [6.45, 7) is 3.78. The molecule has 1 aliphatic heterocycles. The van der Waals surface area contributed by atoms with Gasteiger partial charge in [0.05, 0.1) is 6.04 Å². The first-order valence-corrected chi connectivity index (χ1v) is 7.57. The quantitative estimate of drug-likeness (QED) is 0.934. The van der Waals surface area contributed by atoms with E-state index in [1.54, 1.807) is 12.1 Å². The smallest absolute Gasteiger partial charge is 0.123 e. The molecule has 0 amide bonds. The third-order valence-electron chi connectivity index (χ3n) is 3.85. The first-order chi connectivity index (χ1) is 10.2. The molecule has 0 radical (unpaired) electrons. The Morgan fingerprint density at radius 3 is 2.33 bits per heavy atom. The maximum absolute atomic E-state index is 13.6. The van der Waals surface area contributed by atoms with E-state index >= 15 is 0 Å². The Morgan fingerprint density at radius 2 is 1.67 bits per heavy atom. The molecule has 0 aromatic heterocycles. The summed E-state index contributed by atoms with van der Waals surface area (Å²) in [5.74, 6) is -0.199. The fourth-order valence-corrected chi connectivity index (χ4v) is 3.11. The van der Waals surface area contributed by atoms with Crippen molar-refractivity contribution in [2.45, 2.75) is 6.04 Å². The van der Waals surface area contributed by atoms with Crippen molar-refractivity contribution >= 4 is 11.6 Å². The molecule has 1 atom stereocenters. The van der Waals surface area contributed by atoms with Crippen LogP contribution in [-0.4, -0.2) is 31.1 Å². The fourth-order valence-electron chi connectivity index (χ4n) is 2.91. The van der Waals surface area contributed by atoms with Gasteiger partial charge in [0.1, 0.15) is 5.82 Å². The van der Waals surface area contributed by atoms with Crippen molar-refractivity contribution in [2.24, 2.45) is 0 Å². The van der Waals surface area contributed by atoms with Crippen molar-refractivity contribution in [3.63, 3.8) is 0 Å². The molecule has 110 valence electrons. The van der Waals surface area contributed by atoms with Crippen molar-refractivity contribution in [3.8, 4) is 0 Å². The fraction of sp³-hybridized carbons (Fsp3) is 0.294. The molecule has 0 bridgehead atoms. The molecule has 2 nitrogen and oxygen atoms in total. The van der Waals surface area contributed by atoms with Crippen molar-refractivity contribution in [1.82, 2.24) is 10.2 Å². The maximum atomic E-state index is 13.6. The molecule has 1 fully saturated rings. The molecule has 1 heterocycles. The lowest BCUT2D eigenvalue weighted by Crippen LogP contribution is -2.45. The molecule has 4 heteroatoms. The van der Waals surface area contributed by atoms with Crippen LogP contribution in [0.3, 0.4) is 0 Å². The number of halogens is 2. The Kier molecular flexibility index (Phi) is 4.54. The number of nitrogens with one attached hydrogen (secondary N) is 1. The molecule has 2 aromatic carbocycles. The highest BCUT2D eigenvalue weighted by molar-refractivity contribution is 6.30. The summed E-state index contributed by atoms with van der Waals surface area (Å²) in [6, 6.07) is 14.7. The average Bonchev–Trinajstić information content (AvgIpc) is 2.49. The number of benzene rings is 2. The zero-order valence-electron chi connectivity index (χ0n) is 11.7. The van der Waals surface area contributed by atoms with E-state index in [0.29, 0.717) is 5.02 Å². The maximum Gasteiger partial charge on any atom is 0.123 e. The minimum atomic E-state index is -0.199. The minimum Gasteiger partial charge on any atom is -0.314 e. The van der Waals surface area contributed by atoms with Crippen LogP contribution in [-0.2, 0) is 0 Å². The molecular formula is C17H18ClFN2. The van der Waals surface area contributed by atoms with Crippen LogP contribution >= 0.6 is 11.6 Å². The summed E-state index contributed by atoms with van der Waals surface area (Å²) in [4.78, 5) is 2.37. The second kappa shape index (κ2) is 6.56. The Labute approximate surface area is 129 Å². The van der Waals surface area contributed by atoms with Crippen LogP contribution in [0.15, 0.2) is 48.5 Å². The van der Waals surface area contributed by atoms with Gasteiger partial charge in [-0.25, -0.2) is 4.39 Å². The van der Waals surface area contributed by atoms with Gasteiger partial charge in [-0.3, -0.25) is 4.90 Å². The van der Waals surface area contributed by atoms with Crippen LogP contribution < -0.4 is 5.32 Å². The number of nitrogens with zero attached hydrogens (tertiary/aromatic N) is 1. The van der Waals surface area contributed by atoms with Crippen LogP contribution in [0, 0.1) is 5.82 Å². The Hall–Kier alpha value is -1.42. The zero-order valence-corrected chi connectivity index (χ0v) is 12.5. The molecular weight excluding hydrogens is 287 g/mol. The summed E-state index contributed by atoms with van der Waals surface area (Å²) in [6.07, 6.45) is 0. The van der Waals surface area contributed by atoms with E-state index in [1.807, 2.05) is 24.3 Å². The van der Waals surface area contributed by atoms with Crippen LogP contribution in [0.4, 0.5) is 4.39 Å². The van der Waals surface area contributed by atoms with Crippen molar-refractivity contribution < 1.29 is 4.39 Å². The average molecular weight is 305 g/mol. The molecule has 3 rings (SSSR count). The third kappa shape index (κ3) is 3.43. The summed E-state index contributed by atoms with van der Waals surface area (Å²) < 4.78 is 13.6. The van der Waals surface area contributed by atoms with E-state index < -0.39 is 0 Å². The first kappa shape index (κ1) is 14.5. The number of rotatable bonds is 3. The zero-order chi connectivity index (χ0) is 14.7. The van der Waals surface area contributed by atoms with Gasteiger partial charge in [0.2, 0.25) is 0 Å². The normalized spacial score (nSPS) is 17.6. The number of hydrogen-bond acceptors (Lipinski definition) is 2. The predicted octanol–water partition coefficient (Wildman–Crippen LogP) is 3.47. The van der Waals surface area contributed by atoms with Gasteiger partial charge in [0, 0.05) is 31.2 Å². The lowest BCUT2D eigenvalue weighted by Gasteiger charge is -2.35. The lowest BCUT2D eigenvalue weighted by molar-refractivity contribution is 0.198. The third-order valence-corrected chi connectivity index (χ3v) is 4.08. The van der Waals surface area contributed by atoms with Gasteiger partial charge in [-0.15, -0.1) is 0 Å². The summed E-state index contributed by atoms with van der Waals surface area (Å²) in [5.41, 5.74) is 2.08. The van der Waals surface area contributed by atoms with E-state index in [0.717, 1.165) is 37.3 Å².